The molecule has 0 bridgehead atoms. The number of nitrogens with zero attached hydrogens (tertiary/aromatic N) is 3. The molecule has 1 fully saturated rings. The maximum absolute atomic E-state index is 8.59. The van der Waals surface area contributed by atoms with Crippen LogP contribution in [-0.4, -0.2) is 33.7 Å². The van der Waals surface area contributed by atoms with Crippen molar-refractivity contribution in [2.75, 3.05) is 11.9 Å². The predicted octanol–water partition coefficient (Wildman–Crippen LogP) is 3.77. The van der Waals surface area contributed by atoms with Gasteiger partial charge in [0.25, 0.3) is 0 Å². The molecular weight excluding hydrogens is 338 g/mol. The minimum atomic E-state index is 0.0455. The van der Waals surface area contributed by atoms with Crippen molar-refractivity contribution in [1.29, 1.82) is 5.26 Å². The van der Waals surface area contributed by atoms with Crippen molar-refractivity contribution in [3.05, 3.63) is 36.5 Å². The van der Waals surface area contributed by atoms with Crippen LogP contribution in [0.5, 0.6) is 5.75 Å². The van der Waals surface area contributed by atoms with E-state index in [1.165, 1.54) is 0 Å². The van der Waals surface area contributed by atoms with E-state index < -0.39 is 0 Å². The first-order chi connectivity index (χ1) is 12.8. The first-order valence-corrected chi connectivity index (χ1v) is 9.25. The predicted molar refractivity (Wildman–Crippen MR) is 107 cm³/mol. The van der Waals surface area contributed by atoms with Crippen LogP contribution in [0.15, 0.2) is 36.5 Å². The van der Waals surface area contributed by atoms with E-state index >= 15 is 0 Å². The fourth-order valence-electron chi connectivity index (χ4n) is 4.03. The number of piperidine rings is 1. The van der Waals surface area contributed by atoms with Crippen molar-refractivity contribution in [3.63, 3.8) is 0 Å². The summed E-state index contributed by atoms with van der Waals surface area (Å²) < 4.78 is 5.30. The average Bonchev–Trinajstić information content (AvgIpc) is 2.58. The van der Waals surface area contributed by atoms with E-state index in [0.29, 0.717) is 17.7 Å². The minimum absolute atomic E-state index is 0.0455. The standard InChI is InChI=1S/C21H27N5O/c1-20(2)13-16(14-21(3,4)26-20)24-19-23-11-9-18(25-19)15-5-7-17(8-6-15)27-12-10-22/h5-9,11,16,26H,12-14H2,1-4H3,(H,23,24,25). The first kappa shape index (κ1) is 19.1. The normalized spacial score (nSPS) is 18.5. The van der Waals surface area contributed by atoms with Gasteiger partial charge >= 0.3 is 0 Å². The number of anilines is 1. The van der Waals surface area contributed by atoms with Gasteiger partial charge in [0.1, 0.15) is 11.8 Å². The molecular formula is C21H27N5O. The number of aromatic nitrogens is 2. The molecule has 0 atom stereocenters. The lowest BCUT2D eigenvalue weighted by Gasteiger charge is -2.46. The van der Waals surface area contributed by atoms with Crippen LogP contribution in [0.1, 0.15) is 40.5 Å². The lowest BCUT2D eigenvalue weighted by molar-refractivity contribution is 0.170. The van der Waals surface area contributed by atoms with Crippen LogP contribution >= 0.6 is 0 Å². The van der Waals surface area contributed by atoms with Gasteiger partial charge in [-0.1, -0.05) is 0 Å². The molecule has 0 saturated carbocycles. The van der Waals surface area contributed by atoms with Crippen molar-refractivity contribution < 1.29 is 4.74 Å². The molecule has 1 aliphatic heterocycles. The van der Waals surface area contributed by atoms with Gasteiger partial charge in [0.15, 0.2) is 6.61 Å². The molecule has 1 aromatic heterocycles. The van der Waals surface area contributed by atoms with E-state index in [1.54, 1.807) is 6.20 Å². The molecule has 1 aromatic carbocycles. The van der Waals surface area contributed by atoms with Crippen LogP contribution in [0, 0.1) is 11.3 Å². The summed E-state index contributed by atoms with van der Waals surface area (Å²) >= 11 is 0. The van der Waals surface area contributed by atoms with Crippen LogP contribution in [0.25, 0.3) is 11.3 Å². The molecule has 3 rings (SSSR count). The number of nitrogens with one attached hydrogen (secondary N) is 2. The Balaban J connectivity index is 1.73. The third-order valence-electron chi connectivity index (χ3n) is 4.63. The number of ether oxygens (including phenoxy) is 1. The second kappa shape index (κ2) is 7.53. The summed E-state index contributed by atoms with van der Waals surface area (Å²) in [5, 5.41) is 15.8. The van der Waals surface area contributed by atoms with E-state index in [0.717, 1.165) is 24.1 Å². The minimum Gasteiger partial charge on any atom is -0.479 e. The van der Waals surface area contributed by atoms with Gasteiger partial charge in [-0.3, -0.25) is 0 Å². The second-order valence-electron chi connectivity index (χ2n) is 8.38. The van der Waals surface area contributed by atoms with Crippen LogP contribution in [-0.2, 0) is 0 Å². The highest BCUT2D eigenvalue weighted by atomic mass is 16.5. The van der Waals surface area contributed by atoms with Crippen molar-refractivity contribution >= 4 is 5.95 Å². The largest absolute Gasteiger partial charge is 0.479 e. The van der Waals surface area contributed by atoms with Gasteiger partial charge in [-0.05, 0) is 70.9 Å². The SMILES string of the molecule is CC1(C)CC(Nc2nccc(-c3ccc(OCC#N)cc3)n2)CC(C)(C)N1. The lowest BCUT2D eigenvalue weighted by Crippen LogP contribution is -2.60. The molecule has 2 heterocycles. The zero-order chi connectivity index (χ0) is 19.5. The molecule has 1 saturated heterocycles. The summed E-state index contributed by atoms with van der Waals surface area (Å²) in [6.07, 6.45) is 3.80. The highest BCUT2D eigenvalue weighted by Gasteiger charge is 2.37. The molecule has 0 amide bonds. The summed E-state index contributed by atoms with van der Waals surface area (Å²) in [5.74, 6) is 1.32. The van der Waals surface area contributed by atoms with Crippen LogP contribution < -0.4 is 15.4 Å². The van der Waals surface area contributed by atoms with E-state index in [2.05, 4.69) is 48.3 Å². The third-order valence-corrected chi connectivity index (χ3v) is 4.63. The van der Waals surface area contributed by atoms with E-state index in [4.69, 9.17) is 10.00 Å². The molecule has 0 unspecified atom stereocenters. The lowest BCUT2D eigenvalue weighted by atomic mass is 9.80. The van der Waals surface area contributed by atoms with E-state index in [-0.39, 0.29) is 17.7 Å². The molecule has 0 radical (unpaired) electrons. The highest BCUT2D eigenvalue weighted by Crippen LogP contribution is 2.30. The van der Waals surface area contributed by atoms with Gasteiger partial charge in [0.2, 0.25) is 5.95 Å². The molecule has 2 aromatic rings. The summed E-state index contributed by atoms with van der Waals surface area (Å²) in [6, 6.07) is 11.7. The van der Waals surface area contributed by atoms with Crippen molar-refractivity contribution in [3.8, 4) is 23.1 Å². The Bertz CT molecular complexity index is 807. The first-order valence-electron chi connectivity index (χ1n) is 9.25. The Labute approximate surface area is 161 Å². The maximum Gasteiger partial charge on any atom is 0.223 e. The van der Waals surface area contributed by atoms with E-state index in [9.17, 15) is 0 Å². The Hall–Kier alpha value is -2.65. The third kappa shape index (κ3) is 5.18. The van der Waals surface area contributed by atoms with Crippen molar-refractivity contribution in [1.82, 2.24) is 15.3 Å². The smallest absolute Gasteiger partial charge is 0.223 e. The molecule has 6 nitrogen and oxygen atoms in total. The molecule has 6 heteroatoms. The number of hydrogen-bond donors (Lipinski definition) is 2. The Morgan fingerprint density at radius 1 is 1.15 bits per heavy atom. The van der Waals surface area contributed by atoms with Gasteiger partial charge in [-0.15, -0.1) is 0 Å². The number of nitriles is 1. The number of rotatable bonds is 5. The molecule has 142 valence electrons. The van der Waals surface area contributed by atoms with Crippen molar-refractivity contribution in [2.24, 2.45) is 0 Å². The molecule has 27 heavy (non-hydrogen) atoms. The van der Waals surface area contributed by atoms with Gasteiger partial charge in [0, 0.05) is 28.9 Å². The van der Waals surface area contributed by atoms with Crippen molar-refractivity contribution in [2.45, 2.75) is 57.7 Å². The van der Waals surface area contributed by atoms with Gasteiger partial charge in [0.05, 0.1) is 5.69 Å². The zero-order valence-corrected chi connectivity index (χ0v) is 16.4. The zero-order valence-electron chi connectivity index (χ0n) is 16.4. The molecule has 1 aliphatic rings. The maximum atomic E-state index is 8.59. The van der Waals surface area contributed by atoms with Gasteiger partial charge < -0.3 is 15.4 Å². The fourth-order valence-corrected chi connectivity index (χ4v) is 4.03. The topological polar surface area (TPSA) is 82.9 Å². The number of hydrogen-bond acceptors (Lipinski definition) is 6. The van der Waals surface area contributed by atoms with Crippen LogP contribution in [0.2, 0.25) is 0 Å². The quantitative estimate of drug-likeness (QED) is 0.839. The molecule has 0 spiro atoms. The van der Waals surface area contributed by atoms with Gasteiger partial charge in [-0.25, -0.2) is 9.97 Å². The van der Waals surface area contributed by atoms with Crippen LogP contribution in [0.3, 0.4) is 0 Å². The Morgan fingerprint density at radius 3 is 2.44 bits per heavy atom. The van der Waals surface area contributed by atoms with Gasteiger partial charge in [-0.2, -0.15) is 5.26 Å². The monoisotopic (exact) mass is 365 g/mol. The fraction of sp³-hybridized carbons (Fsp3) is 0.476. The highest BCUT2D eigenvalue weighted by molar-refractivity contribution is 5.61. The Morgan fingerprint density at radius 2 is 1.81 bits per heavy atom. The Kier molecular flexibility index (Phi) is 5.33. The summed E-state index contributed by atoms with van der Waals surface area (Å²) in [4.78, 5) is 9.10. The summed E-state index contributed by atoms with van der Waals surface area (Å²) in [7, 11) is 0. The second-order valence-corrected chi connectivity index (χ2v) is 8.38. The van der Waals surface area contributed by atoms with Crippen LogP contribution in [0.4, 0.5) is 5.95 Å². The van der Waals surface area contributed by atoms with E-state index in [1.807, 2.05) is 36.4 Å². The molecule has 2 N–H and O–H groups in total. The summed E-state index contributed by atoms with van der Waals surface area (Å²) in [5.41, 5.74) is 1.97. The number of benzene rings is 1. The molecule has 0 aliphatic carbocycles. The average molecular weight is 365 g/mol. The summed E-state index contributed by atoms with van der Waals surface area (Å²) in [6.45, 7) is 8.97.